The highest BCUT2D eigenvalue weighted by atomic mass is 32.2. The van der Waals surface area contributed by atoms with Crippen LogP contribution in [0.15, 0.2) is 68.9 Å². The molecule has 0 bridgehead atoms. The van der Waals surface area contributed by atoms with Gasteiger partial charge in [0, 0.05) is 29.4 Å². The number of thiocarbonyl (C=S) groups is 1. The van der Waals surface area contributed by atoms with Crippen molar-refractivity contribution in [3.8, 4) is 0 Å². The Labute approximate surface area is 168 Å². The van der Waals surface area contributed by atoms with Gasteiger partial charge in [-0.2, -0.15) is 0 Å². The van der Waals surface area contributed by atoms with Crippen LogP contribution >= 0.6 is 32.6 Å². The van der Waals surface area contributed by atoms with Crippen LogP contribution in [0.5, 0.6) is 0 Å². The zero-order valence-corrected chi connectivity index (χ0v) is 16.9. The lowest BCUT2D eigenvalue weighted by Gasteiger charge is -2.24. The third-order valence-corrected chi connectivity index (χ3v) is 6.63. The zero-order chi connectivity index (χ0) is 18.6. The summed E-state index contributed by atoms with van der Waals surface area (Å²) in [5.41, 5.74) is 3.98. The molecule has 5 nitrogen and oxygen atoms in total. The van der Waals surface area contributed by atoms with Gasteiger partial charge in [0.25, 0.3) is 5.91 Å². The van der Waals surface area contributed by atoms with Crippen molar-refractivity contribution in [2.75, 3.05) is 11.5 Å². The second kappa shape index (κ2) is 8.21. The normalized spacial score (nSPS) is 15.6. The van der Waals surface area contributed by atoms with Gasteiger partial charge in [0.1, 0.15) is 5.03 Å². The molecule has 0 aromatic heterocycles. The Morgan fingerprint density at radius 3 is 2.96 bits per heavy atom. The fraction of sp³-hybridized carbons (Fsp3) is 0.105. The molecular formula is C19H17N4OPS2. The van der Waals surface area contributed by atoms with Crippen molar-refractivity contribution in [3.05, 3.63) is 70.1 Å². The van der Waals surface area contributed by atoms with E-state index >= 15 is 0 Å². The van der Waals surface area contributed by atoms with E-state index in [1.165, 1.54) is 10.3 Å². The predicted molar refractivity (Wildman–Crippen MR) is 118 cm³/mol. The number of carbonyl (C=O) groups excluding carboxylic acids is 1. The van der Waals surface area contributed by atoms with E-state index < -0.39 is 0 Å². The molecule has 0 spiro atoms. The second-order valence-electron chi connectivity index (χ2n) is 5.93. The number of nitrogens with zero attached hydrogens (tertiary/aromatic N) is 1. The van der Waals surface area contributed by atoms with Crippen LogP contribution in [0.4, 0.5) is 5.69 Å². The van der Waals surface area contributed by atoms with Gasteiger partial charge in [-0.1, -0.05) is 44.6 Å². The highest BCUT2D eigenvalue weighted by Gasteiger charge is 2.20. The number of benzene rings is 2. The van der Waals surface area contributed by atoms with Crippen LogP contribution in [0.25, 0.3) is 0 Å². The first-order valence-electron chi connectivity index (χ1n) is 8.42. The molecule has 2 aromatic rings. The first-order chi connectivity index (χ1) is 13.2. The SMILES string of the molecule is O=C(NC(=S)NCc1ccc2c(c1)NC1=C(N=CCP1)S2)c1ccccc1. The molecule has 2 heterocycles. The number of anilines is 1. The monoisotopic (exact) mass is 412 g/mol. The number of amides is 1. The highest BCUT2D eigenvalue weighted by molar-refractivity contribution is 8.03. The number of fused-ring (bicyclic) bond motifs is 1. The molecule has 2 aliphatic heterocycles. The predicted octanol–water partition coefficient (Wildman–Crippen LogP) is 3.90. The molecule has 0 saturated carbocycles. The summed E-state index contributed by atoms with van der Waals surface area (Å²) in [6.45, 7) is 0.542. The van der Waals surface area contributed by atoms with E-state index in [4.69, 9.17) is 12.2 Å². The molecule has 2 aromatic carbocycles. The van der Waals surface area contributed by atoms with Crippen molar-refractivity contribution < 1.29 is 4.79 Å². The van der Waals surface area contributed by atoms with Crippen LogP contribution in [0.2, 0.25) is 0 Å². The molecule has 1 atom stereocenters. The maximum Gasteiger partial charge on any atom is 0.257 e. The minimum Gasteiger partial charge on any atom is -0.358 e. The van der Waals surface area contributed by atoms with Crippen LogP contribution < -0.4 is 16.0 Å². The maximum atomic E-state index is 12.1. The molecule has 1 amide bonds. The molecule has 3 N–H and O–H groups in total. The van der Waals surface area contributed by atoms with Gasteiger partial charge in [0.05, 0.1) is 11.1 Å². The summed E-state index contributed by atoms with van der Waals surface area (Å²) in [4.78, 5) is 17.8. The molecule has 4 rings (SSSR count). The Bertz CT molecular complexity index is 959. The van der Waals surface area contributed by atoms with E-state index in [1.807, 2.05) is 24.4 Å². The average Bonchev–Trinajstić information content (AvgIpc) is 2.71. The van der Waals surface area contributed by atoms with Crippen molar-refractivity contribution >= 4 is 55.5 Å². The Morgan fingerprint density at radius 2 is 2.11 bits per heavy atom. The molecule has 0 radical (unpaired) electrons. The molecular weight excluding hydrogens is 395 g/mol. The van der Waals surface area contributed by atoms with Gasteiger partial charge >= 0.3 is 0 Å². The van der Waals surface area contributed by atoms with Gasteiger partial charge in [-0.3, -0.25) is 15.1 Å². The number of thioether (sulfide) groups is 1. The number of aliphatic imine (C=N–C) groups is 1. The van der Waals surface area contributed by atoms with E-state index in [2.05, 4.69) is 39.1 Å². The lowest BCUT2D eigenvalue weighted by Crippen LogP contribution is -2.38. The largest absolute Gasteiger partial charge is 0.358 e. The van der Waals surface area contributed by atoms with Crippen LogP contribution in [0.3, 0.4) is 0 Å². The number of carbonyl (C=O) groups is 1. The first kappa shape index (κ1) is 18.2. The average molecular weight is 412 g/mol. The standard InChI is InChI=1S/C19H17N4OPS2/c24-16(13-4-2-1-3-5-13)23-19(26)21-11-12-6-7-15-14(10-12)22-17-18(27-15)20-8-9-25-17/h1-8,10,22,25H,9,11H2,(H2,21,23,24,26). The molecule has 0 fully saturated rings. The topological polar surface area (TPSA) is 65.5 Å². The molecule has 136 valence electrons. The summed E-state index contributed by atoms with van der Waals surface area (Å²) in [6, 6.07) is 15.3. The Morgan fingerprint density at radius 1 is 1.26 bits per heavy atom. The van der Waals surface area contributed by atoms with Crippen molar-refractivity contribution in [1.82, 2.24) is 10.6 Å². The maximum absolute atomic E-state index is 12.1. The lowest BCUT2D eigenvalue weighted by atomic mass is 10.2. The van der Waals surface area contributed by atoms with Gasteiger partial charge in [-0.15, -0.1) is 0 Å². The van der Waals surface area contributed by atoms with Crippen molar-refractivity contribution in [3.63, 3.8) is 0 Å². The van der Waals surface area contributed by atoms with E-state index in [9.17, 15) is 4.79 Å². The Hall–Kier alpha value is -2.21. The van der Waals surface area contributed by atoms with Crippen LogP contribution in [0.1, 0.15) is 15.9 Å². The summed E-state index contributed by atoms with van der Waals surface area (Å²) < 4.78 is 0. The smallest absolute Gasteiger partial charge is 0.257 e. The van der Waals surface area contributed by atoms with Gasteiger partial charge < -0.3 is 10.6 Å². The Balaban J connectivity index is 1.35. The molecule has 0 saturated heterocycles. The summed E-state index contributed by atoms with van der Waals surface area (Å²) >= 11 is 6.94. The Kier molecular flexibility index (Phi) is 5.53. The van der Waals surface area contributed by atoms with E-state index in [1.54, 1.807) is 23.9 Å². The zero-order valence-electron chi connectivity index (χ0n) is 14.3. The van der Waals surface area contributed by atoms with Crippen LogP contribution in [0, 0.1) is 0 Å². The molecule has 27 heavy (non-hydrogen) atoms. The van der Waals surface area contributed by atoms with Crippen molar-refractivity contribution in [2.24, 2.45) is 4.99 Å². The van der Waals surface area contributed by atoms with Crippen LogP contribution in [-0.4, -0.2) is 23.4 Å². The first-order valence-corrected chi connectivity index (χ1v) is 10.8. The quantitative estimate of drug-likeness (QED) is 0.527. The van der Waals surface area contributed by atoms with E-state index in [-0.39, 0.29) is 5.91 Å². The summed E-state index contributed by atoms with van der Waals surface area (Å²) in [5.74, 6) is -0.213. The molecule has 8 heteroatoms. The van der Waals surface area contributed by atoms with E-state index in [0.29, 0.717) is 17.2 Å². The fourth-order valence-electron chi connectivity index (χ4n) is 2.70. The summed E-state index contributed by atoms with van der Waals surface area (Å²) in [5, 5.41) is 10.7. The lowest BCUT2D eigenvalue weighted by molar-refractivity contribution is 0.0976. The van der Waals surface area contributed by atoms with Gasteiger partial charge in [0.15, 0.2) is 5.11 Å². The van der Waals surface area contributed by atoms with Gasteiger partial charge in [0.2, 0.25) is 0 Å². The van der Waals surface area contributed by atoms with Crippen molar-refractivity contribution in [2.45, 2.75) is 11.4 Å². The third kappa shape index (κ3) is 4.38. The third-order valence-electron chi connectivity index (χ3n) is 4.02. The van der Waals surface area contributed by atoms with Gasteiger partial charge in [-0.05, 0) is 42.0 Å². The van der Waals surface area contributed by atoms with Crippen LogP contribution in [-0.2, 0) is 6.54 Å². The number of hydrogen-bond donors (Lipinski definition) is 3. The number of nitrogens with one attached hydrogen (secondary N) is 3. The number of hydrogen-bond acceptors (Lipinski definition) is 5. The van der Waals surface area contributed by atoms with E-state index in [0.717, 1.165) is 31.0 Å². The summed E-state index contributed by atoms with van der Waals surface area (Å²) in [6.07, 6.45) is 2.98. The fourth-order valence-corrected chi connectivity index (χ4v) is 4.90. The van der Waals surface area contributed by atoms with Gasteiger partial charge in [-0.25, -0.2) is 0 Å². The second-order valence-corrected chi connectivity index (χ2v) is 8.63. The summed E-state index contributed by atoms with van der Waals surface area (Å²) in [7, 11) is 0.735. The highest BCUT2D eigenvalue weighted by Crippen LogP contribution is 2.46. The minimum absolute atomic E-state index is 0.213. The molecule has 2 aliphatic rings. The molecule has 0 aliphatic carbocycles. The number of rotatable bonds is 3. The van der Waals surface area contributed by atoms with Crippen molar-refractivity contribution in [1.29, 1.82) is 0 Å². The minimum atomic E-state index is -0.213. The molecule has 1 unspecified atom stereocenters.